The maximum Gasteiger partial charge on any atom is 0.237 e. The Morgan fingerprint density at radius 3 is 2.52 bits per heavy atom. The second kappa shape index (κ2) is 9.06. The first-order valence-corrected chi connectivity index (χ1v) is 11.8. The average Bonchev–Trinajstić information content (AvgIpc) is 3.47. The van der Waals surface area contributed by atoms with Gasteiger partial charge in [0.25, 0.3) is 0 Å². The first kappa shape index (κ1) is 20.0. The molecule has 2 aromatic heterocycles. The molecule has 2 aromatic carbocycles. The van der Waals surface area contributed by atoms with Gasteiger partial charge in [0.15, 0.2) is 5.16 Å². The standard InChI is InChI=1S/C24H25N5OS/c1-17-12-14-18(15-13-17)22-25-21(30-28-22)16-31-24-27-26-23(19-8-4-2-5-9-19)29(24)20-10-6-3-7-11-20/h3,6-7,10-15,19H,2,4-5,8-9,16H2,1H3. The lowest BCUT2D eigenvalue weighted by atomic mass is 9.88. The van der Waals surface area contributed by atoms with Crippen molar-refractivity contribution < 1.29 is 4.52 Å². The Morgan fingerprint density at radius 2 is 1.74 bits per heavy atom. The number of aromatic nitrogens is 5. The van der Waals surface area contributed by atoms with E-state index in [4.69, 9.17) is 4.52 Å². The summed E-state index contributed by atoms with van der Waals surface area (Å²) in [6.07, 6.45) is 6.20. The van der Waals surface area contributed by atoms with Crippen LogP contribution in [-0.4, -0.2) is 24.9 Å². The Balaban J connectivity index is 1.38. The first-order valence-electron chi connectivity index (χ1n) is 10.8. The molecule has 0 spiro atoms. The average molecular weight is 432 g/mol. The summed E-state index contributed by atoms with van der Waals surface area (Å²) in [5, 5.41) is 14.2. The van der Waals surface area contributed by atoms with Gasteiger partial charge in [-0.3, -0.25) is 4.57 Å². The molecule has 0 bridgehead atoms. The van der Waals surface area contributed by atoms with Gasteiger partial charge in [-0.15, -0.1) is 10.2 Å². The third-order valence-electron chi connectivity index (χ3n) is 5.75. The maximum atomic E-state index is 5.50. The van der Waals surface area contributed by atoms with Crippen LogP contribution in [0.3, 0.4) is 0 Å². The summed E-state index contributed by atoms with van der Waals surface area (Å²) in [5.41, 5.74) is 3.26. The highest BCUT2D eigenvalue weighted by Crippen LogP contribution is 2.35. The fourth-order valence-electron chi connectivity index (χ4n) is 4.08. The lowest BCUT2D eigenvalue weighted by Gasteiger charge is -2.22. The minimum atomic E-state index is 0.465. The zero-order valence-corrected chi connectivity index (χ0v) is 18.4. The fourth-order valence-corrected chi connectivity index (χ4v) is 4.88. The highest BCUT2D eigenvalue weighted by atomic mass is 32.2. The van der Waals surface area contributed by atoms with Gasteiger partial charge >= 0.3 is 0 Å². The van der Waals surface area contributed by atoms with Crippen LogP contribution in [0.2, 0.25) is 0 Å². The molecular weight excluding hydrogens is 406 g/mol. The lowest BCUT2D eigenvalue weighted by molar-refractivity contribution is 0.391. The molecule has 0 saturated heterocycles. The molecular formula is C24H25N5OS. The van der Waals surface area contributed by atoms with Crippen LogP contribution in [0.15, 0.2) is 64.3 Å². The van der Waals surface area contributed by atoms with Gasteiger partial charge in [-0.2, -0.15) is 4.98 Å². The van der Waals surface area contributed by atoms with Gasteiger partial charge in [0.1, 0.15) is 5.82 Å². The van der Waals surface area contributed by atoms with E-state index >= 15 is 0 Å². The molecule has 1 saturated carbocycles. The molecule has 6 nitrogen and oxygen atoms in total. The summed E-state index contributed by atoms with van der Waals surface area (Å²) >= 11 is 1.58. The van der Waals surface area contributed by atoms with Crippen molar-refractivity contribution in [2.75, 3.05) is 0 Å². The van der Waals surface area contributed by atoms with Crippen molar-refractivity contribution >= 4 is 11.8 Å². The molecule has 0 atom stereocenters. The zero-order valence-electron chi connectivity index (χ0n) is 17.6. The van der Waals surface area contributed by atoms with Gasteiger partial charge in [-0.25, -0.2) is 0 Å². The van der Waals surface area contributed by atoms with Crippen molar-refractivity contribution in [2.24, 2.45) is 0 Å². The second-order valence-electron chi connectivity index (χ2n) is 8.01. The van der Waals surface area contributed by atoms with Gasteiger partial charge in [-0.1, -0.05) is 84.2 Å². The Hall–Kier alpha value is -2.93. The number of hydrogen-bond acceptors (Lipinski definition) is 6. The minimum absolute atomic E-state index is 0.465. The first-order chi connectivity index (χ1) is 15.3. The maximum absolute atomic E-state index is 5.50. The van der Waals surface area contributed by atoms with Crippen LogP contribution in [0, 0.1) is 6.92 Å². The molecule has 1 aliphatic carbocycles. The summed E-state index contributed by atoms with van der Waals surface area (Å²) in [4.78, 5) is 4.57. The van der Waals surface area contributed by atoms with Crippen LogP contribution in [0.1, 0.15) is 55.3 Å². The van der Waals surface area contributed by atoms with E-state index in [-0.39, 0.29) is 0 Å². The predicted molar refractivity (Wildman–Crippen MR) is 121 cm³/mol. The normalized spacial score (nSPS) is 14.7. The summed E-state index contributed by atoms with van der Waals surface area (Å²) in [6, 6.07) is 18.5. The molecule has 0 unspecified atom stereocenters. The molecule has 1 aliphatic rings. The quantitative estimate of drug-likeness (QED) is 0.351. The second-order valence-corrected chi connectivity index (χ2v) is 8.96. The number of aryl methyl sites for hydroxylation is 1. The smallest absolute Gasteiger partial charge is 0.237 e. The van der Waals surface area contributed by atoms with Gasteiger partial charge in [0, 0.05) is 17.2 Å². The molecule has 4 aromatic rings. The van der Waals surface area contributed by atoms with Gasteiger partial charge in [0.2, 0.25) is 11.7 Å². The Bertz CT molecular complexity index is 1130. The highest BCUT2D eigenvalue weighted by Gasteiger charge is 2.24. The monoisotopic (exact) mass is 431 g/mol. The Kier molecular flexibility index (Phi) is 5.84. The number of rotatable bonds is 6. The largest absolute Gasteiger partial charge is 0.338 e. The van der Waals surface area contributed by atoms with Crippen molar-refractivity contribution in [3.63, 3.8) is 0 Å². The number of nitrogens with zero attached hydrogens (tertiary/aromatic N) is 5. The molecule has 0 amide bonds. The number of para-hydroxylation sites is 1. The van der Waals surface area contributed by atoms with Crippen LogP contribution < -0.4 is 0 Å². The number of thioether (sulfide) groups is 1. The van der Waals surface area contributed by atoms with Crippen LogP contribution in [0.25, 0.3) is 17.1 Å². The van der Waals surface area contributed by atoms with E-state index in [0.717, 1.165) is 22.2 Å². The van der Waals surface area contributed by atoms with Crippen molar-refractivity contribution in [3.05, 3.63) is 71.9 Å². The molecule has 2 heterocycles. The van der Waals surface area contributed by atoms with E-state index in [9.17, 15) is 0 Å². The van der Waals surface area contributed by atoms with Crippen molar-refractivity contribution in [3.8, 4) is 17.1 Å². The number of hydrogen-bond donors (Lipinski definition) is 0. The van der Waals surface area contributed by atoms with E-state index in [1.807, 2.05) is 18.2 Å². The molecule has 7 heteroatoms. The molecule has 31 heavy (non-hydrogen) atoms. The molecule has 1 fully saturated rings. The van der Waals surface area contributed by atoms with E-state index in [2.05, 4.69) is 68.2 Å². The van der Waals surface area contributed by atoms with E-state index in [1.165, 1.54) is 37.7 Å². The van der Waals surface area contributed by atoms with Gasteiger partial charge in [0.05, 0.1) is 5.75 Å². The van der Waals surface area contributed by atoms with Crippen LogP contribution >= 0.6 is 11.8 Å². The summed E-state index contributed by atoms with van der Waals surface area (Å²) in [5.74, 6) is 3.28. The highest BCUT2D eigenvalue weighted by molar-refractivity contribution is 7.98. The zero-order chi connectivity index (χ0) is 21.0. The van der Waals surface area contributed by atoms with Crippen LogP contribution in [0.4, 0.5) is 0 Å². The van der Waals surface area contributed by atoms with Crippen LogP contribution in [0.5, 0.6) is 0 Å². The molecule has 0 radical (unpaired) electrons. The molecule has 158 valence electrons. The van der Waals surface area contributed by atoms with Crippen molar-refractivity contribution in [1.82, 2.24) is 24.9 Å². The molecule has 5 rings (SSSR count). The SMILES string of the molecule is Cc1ccc(-c2noc(CSc3nnc(C4CCCCC4)n3-c3ccccc3)n2)cc1. The molecule has 0 N–H and O–H groups in total. The van der Waals surface area contributed by atoms with Gasteiger partial charge in [-0.05, 0) is 31.9 Å². The lowest BCUT2D eigenvalue weighted by Crippen LogP contribution is -2.11. The van der Waals surface area contributed by atoms with Crippen molar-refractivity contribution in [2.45, 2.75) is 55.9 Å². The van der Waals surface area contributed by atoms with Crippen molar-refractivity contribution in [1.29, 1.82) is 0 Å². The predicted octanol–water partition coefficient (Wildman–Crippen LogP) is 5.97. The van der Waals surface area contributed by atoms with Crippen LogP contribution in [-0.2, 0) is 5.75 Å². The topological polar surface area (TPSA) is 69.6 Å². The Labute approximate surface area is 186 Å². The number of benzene rings is 2. The minimum Gasteiger partial charge on any atom is -0.338 e. The third kappa shape index (κ3) is 4.42. The molecule has 0 aliphatic heterocycles. The Morgan fingerprint density at radius 1 is 0.968 bits per heavy atom. The summed E-state index contributed by atoms with van der Waals surface area (Å²) in [7, 11) is 0. The fraction of sp³-hybridized carbons (Fsp3) is 0.333. The summed E-state index contributed by atoms with van der Waals surface area (Å²) in [6.45, 7) is 2.06. The van der Waals surface area contributed by atoms with E-state index in [1.54, 1.807) is 11.8 Å². The third-order valence-corrected chi connectivity index (χ3v) is 6.66. The van der Waals surface area contributed by atoms with Gasteiger partial charge < -0.3 is 4.52 Å². The van der Waals surface area contributed by atoms with E-state index < -0.39 is 0 Å². The summed E-state index contributed by atoms with van der Waals surface area (Å²) < 4.78 is 7.71. The van der Waals surface area contributed by atoms with E-state index in [0.29, 0.717) is 23.4 Å².